The summed E-state index contributed by atoms with van der Waals surface area (Å²) >= 11 is 0. The number of nitrogens with one attached hydrogen (secondary N) is 1. The number of rotatable bonds is 2. The van der Waals surface area contributed by atoms with Crippen molar-refractivity contribution < 1.29 is 4.39 Å². The Labute approximate surface area is 97.1 Å². The largest absolute Gasteiger partial charge is 0.317 e. The van der Waals surface area contributed by atoms with Crippen LogP contribution >= 0.6 is 0 Å². The van der Waals surface area contributed by atoms with Gasteiger partial charge in [0.25, 0.3) is 0 Å². The van der Waals surface area contributed by atoms with Crippen molar-refractivity contribution in [3.63, 3.8) is 0 Å². The van der Waals surface area contributed by atoms with Crippen molar-refractivity contribution >= 4 is 0 Å². The molecule has 1 N–H and O–H groups in total. The first-order chi connectivity index (χ1) is 7.60. The fourth-order valence-corrected chi connectivity index (χ4v) is 2.48. The van der Waals surface area contributed by atoms with E-state index in [1.165, 1.54) is 5.56 Å². The Kier molecular flexibility index (Phi) is 3.29. The Morgan fingerprint density at radius 2 is 1.75 bits per heavy atom. The Morgan fingerprint density at radius 3 is 2.31 bits per heavy atom. The molecule has 0 amide bonds. The molecule has 88 valence electrons. The van der Waals surface area contributed by atoms with Crippen LogP contribution in [-0.2, 0) is 5.67 Å². The molecule has 1 nitrogen and oxygen atoms in total. The smallest absolute Gasteiger partial charge is 0.136 e. The van der Waals surface area contributed by atoms with Gasteiger partial charge in [0, 0.05) is 0 Å². The maximum absolute atomic E-state index is 14.8. The fourth-order valence-electron chi connectivity index (χ4n) is 2.48. The van der Waals surface area contributed by atoms with Crippen LogP contribution < -0.4 is 5.32 Å². The van der Waals surface area contributed by atoms with Crippen LogP contribution in [0.1, 0.15) is 30.9 Å². The first-order valence-electron chi connectivity index (χ1n) is 6.07. The van der Waals surface area contributed by atoms with E-state index in [-0.39, 0.29) is 5.92 Å². The Bertz CT molecular complexity index is 336. The lowest BCUT2D eigenvalue weighted by Crippen LogP contribution is -2.37. The van der Waals surface area contributed by atoms with Crippen LogP contribution in [0.25, 0.3) is 0 Å². The van der Waals surface area contributed by atoms with Gasteiger partial charge in [0.05, 0.1) is 0 Å². The van der Waals surface area contributed by atoms with Crippen LogP contribution in [-0.4, -0.2) is 13.1 Å². The molecule has 1 aromatic carbocycles. The van der Waals surface area contributed by atoms with E-state index in [2.05, 4.69) is 5.32 Å². The minimum absolute atomic E-state index is 0.149. The average molecular weight is 221 g/mol. The molecule has 1 atom stereocenters. The molecule has 0 aromatic heterocycles. The average Bonchev–Trinajstić information content (AvgIpc) is 2.31. The van der Waals surface area contributed by atoms with E-state index in [1.807, 2.05) is 31.2 Å². The molecular weight excluding hydrogens is 201 g/mol. The number of hydrogen-bond acceptors (Lipinski definition) is 1. The zero-order valence-electron chi connectivity index (χ0n) is 10.1. The standard InChI is InChI=1S/C14H20FN/c1-11-3-5-12(6-4-11)14(2,15)13-7-9-16-10-8-13/h3-6,13,16H,7-10H2,1-2H3. The Balaban J connectivity index is 2.19. The molecular formula is C14H20FN. The molecule has 1 aliphatic heterocycles. The van der Waals surface area contributed by atoms with Gasteiger partial charge in [-0.1, -0.05) is 29.8 Å². The predicted molar refractivity (Wildman–Crippen MR) is 65.2 cm³/mol. The highest BCUT2D eigenvalue weighted by Crippen LogP contribution is 2.38. The summed E-state index contributed by atoms with van der Waals surface area (Å²) in [6.07, 6.45) is 1.86. The number of aryl methyl sites for hydroxylation is 1. The molecule has 0 spiro atoms. The third-order valence-electron chi connectivity index (χ3n) is 3.72. The van der Waals surface area contributed by atoms with Crippen molar-refractivity contribution in [3.8, 4) is 0 Å². The minimum Gasteiger partial charge on any atom is -0.317 e. The maximum atomic E-state index is 14.8. The molecule has 2 heteroatoms. The third kappa shape index (κ3) is 2.27. The first kappa shape index (κ1) is 11.6. The molecule has 2 rings (SSSR count). The van der Waals surface area contributed by atoms with Crippen molar-refractivity contribution in [2.45, 2.75) is 32.4 Å². The summed E-state index contributed by atoms with van der Waals surface area (Å²) in [4.78, 5) is 0. The summed E-state index contributed by atoms with van der Waals surface area (Å²) in [6.45, 7) is 5.64. The zero-order chi connectivity index (χ0) is 11.6. The molecule has 1 aliphatic rings. The lowest BCUT2D eigenvalue weighted by atomic mass is 9.79. The third-order valence-corrected chi connectivity index (χ3v) is 3.72. The van der Waals surface area contributed by atoms with E-state index in [1.54, 1.807) is 6.92 Å². The van der Waals surface area contributed by atoms with Gasteiger partial charge < -0.3 is 5.32 Å². The van der Waals surface area contributed by atoms with Crippen LogP contribution in [0.5, 0.6) is 0 Å². The van der Waals surface area contributed by atoms with E-state index in [0.717, 1.165) is 31.5 Å². The second kappa shape index (κ2) is 4.54. The molecule has 1 fully saturated rings. The normalized spacial score (nSPS) is 21.7. The minimum atomic E-state index is -1.18. The molecule has 1 saturated heterocycles. The van der Waals surface area contributed by atoms with Crippen LogP contribution in [0.3, 0.4) is 0 Å². The number of piperidine rings is 1. The monoisotopic (exact) mass is 221 g/mol. The van der Waals surface area contributed by atoms with Crippen LogP contribution in [0.15, 0.2) is 24.3 Å². The molecule has 16 heavy (non-hydrogen) atoms. The highest BCUT2D eigenvalue weighted by atomic mass is 19.1. The van der Waals surface area contributed by atoms with Gasteiger partial charge in [0.1, 0.15) is 5.67 Å². The number of hydrogen-bond donors (Lipinski definition) is 1. The highest BCUT2D eigenvalue weighted by molar-refractivity contribution is 5.26. The number of benzene rings is 1. The van der Waals surface area contributed by atoms with Crippen molar-refractivity contribution in [3.05, 3.63) is 35.4 Å². The van der Waals surface area contributed by atoms with Crippen molar-refractivity contribution in [1.29, 1.82) is 0 Å². The number of alkyl halides is 1. The lowest BCUT2D eigenvalue weighted by Gasteiger charge is -2.34. The van der Waals surface area contributed by atoms with Gasteiger partial charge in [-0.15, -0.1) is 0 Å². The summed E-state index contributed by atoms with van der Waals surface area (Å²) in [5, 5.41) is 3.28. The molecule has 1 aromatic rings. The lowest BCUT2D eigenvalue weighted by molar-refractivity contribution is 0.0773. The first-order valence-corrected chi connectivity index (χ1v) is 6.07. The van der Waals surface area contributed by atoms with Gasteiger partial charge in [-0.05, 0) is 51.3 Å². The zero-order valence-corrected chi connectivity index (χ0v) is 10.1. The molecule has 0 radical (unpaired) electrons. The summed E-state index contributed by atoms with van der Waals surface area (Å²) in [5.41, 5.74) is 0.824. The van der Waals surface area contributed by atoms with Crippen molar-refractivity contribution in [2.75, 3.05) is 13.1 Å². The Hall–Kier alpha value is -0.890. The van der Waals surface area contributed by atoms with E-state index in [9.17, 15) is 4.39 Å². The second-order valence-corrected chi connectivity index (χ2v) is 4.97. The molecule has 1 heterocycles. The topological polar surface area (TPSA) is 12.0 Å². The van der Waals surface area contributed by atoms with Gasteiger partial charge in [-0.25, -0.2) is 4.39 Å². The Morgan fingerprint density at radius 1 is 1.19 bits per heavy atom. The van der Waals surface area contributed by atoms with E-state index >= 15 is 0 Å². The van der Waals surface area contributed by atoms with Gasteiger partial charge in [0.2, 0.25) is 0 Å². The highest BCUT2D eigenvalue weighted by Gasteiger charge is 2.36. The van der Waals surface area contributed by atoms with Gasteiger partial charge in [-0.3, -0.25) is 0 Å². The molecule has 0 aliphatic carbocycles. The quantitative estimate of drug-likeness (QED) is 0.808. The summed E-state index contributed by atoms with van der Waals surface area (Å²) in [6, 6.07) is 7.84. The van der Waals surface area contributed by atoms with Gasteiger partial charge >= 0.3 is 0 Å². The van der Waals surface area contributed by atoms with Crippen molar-refractivity contribution in [2.24, 2.45) is 5.92 Å². The van der Waals surface area contributed by atoms with Crippen LogP contribution in [0, 0.1) is 12.8 Å². The fraction of sp³-hybridized carbons (Fsp3) is 0.571. The number of halogens is 1. The predicted octanol–water partition coefficient (Wildman–Crippen LogP) is 3.18. The van der Waals surface area contributed by atoms with E-state index < -0.39 is 5.67 Å². The summed E-state index contributed by atoms with van der Waals surface area (Å²) in [5.74, 6) is 0.149. The van der Waals surface area contributed by atoms with Gasteiger partial charge in [-0.2, -0.15) is 0 Å². The van der Waals surface area contributed by atoms with Crippen molar-refractivity contribution in [1.82, 2.24) is 5.32 Å². The second-order valence-electron chi connectivity index (χ2n) is 4.97. The summed E-state index contributed by atoms with van der Waals surface area (Å²) < 4.78 is 14.8. The summed E-state index contributed by atoms with van der Waals surface area (Å²) in [7, 11) is 0. The molecule has 0 saturated carbocycles. The molecule has 0 bridgehead atoms. The van der Waals surface area contributed by atoms with Crippen LogP contribution in [0.2, 0.25) is 0 Å². The maximum Gasteiger partial charge on any atom is 0.136 e. The molecule has 1 unspecified atom stereocenters. The van der Waals surface area contributed by atoms with E-state index in [4.69, 9.17) is 0 Å². The SMILES string of the molecule is Cc1ccc(C(C)(F)C2CCNCC2)cc1. The van der Waals surface area contributed by atoms with Gasteiger partial charge in [0.15, 0.2) is 0 Å². The van der Waals surface area contributed by atoms with E-state index in [0.29, 0.717) is 0 Å². The van der Waals surface area contributed by atoms with Crippen LogP contribution in [0.4, 0.5) is 4.39 Å².